The topological polar surface area (TPSA) is 35.2 Å². The van der Waals surface area contributed by atoms with E-state index >= 15 is 0 Å². The first-order chi connectivity index (χ1) is 9.32. The fourth-order valence-corrected chi connectivity index (χ4v) is 1.98. The van der Waals surface area contributed by atoms with Crippen LogP contribution in [0.3, 0.4) is 0 Å². The Morgan fingerprint density at radius 3 is 2.35 bits per heavy atom. The van der Waals surface area contributed by atoms with Gasteiger partial charge in [0.2, 0.25) is 0 Å². The van der Waals surface area contributed by atoms with Gasteiger partial charge in [0.1, 0.15) is 5.75 Å². The van der Waals surface area contributed by atoms with Gasteiger partial charge in [0.05, 0.1) is 18.4 Å². The molecular weight excluding hydrogens is 267 g/mol. The van der Waals surface area contributed by atoms with Crippen molar-refractivity contribution in [3.8, 4) is 16.9 Å². The van der Waals surface area contributed by atoms with Gasteiger partial charge >= 0.3 is 6.18 Å². The zero-order valence-corrected chi connectivity index (χ0v) is 11.1. The van der Waals surface area contributed by atoms with Crippen LogP contribution in [0.1, 0.15) is 11.1 Å². The Hall–Kier alpha value is -2.17. The van der Waals surface area contributed by atoms with Gasteiger partial charge in [0.25, 0.3) is 0 Å². The van der Waals surface area contributed by atoms with Crippen molar-refractivity contribution in [1.82, 2.24) is 0 Å². The van der Waals surface area contributed by atoms with Gasteiger partial charge in [-0.05, 0) is 47.9 Å². The summed E-state index contributed by atoms with van der Waals surface area (Å²) in [7, 11) is 1.47. The molecule has 0 bridgehead atoms. The van der Waals surface area contributed by atoms with Crippen LogP contribution in [0, 0.1) is 6.92 Å². The van der Waals surface area contributed by atoms with Crippen LogP contribution in [-0.2, 0) is 6.18 Å². The Morgan fingerprint density at radius 2 is 1.75 bits per heavy atom. The van der Waals surface area contributed by atoms with E-state index in [9.17, 15) is 13.2 Å². The Balaban J connectivity index is 2.55. The van der Waals surface area contributed by atoms with Crippen LogP contribution in [-0.4, -0.2) is 7.11 Å². The minimum atomic E-state index is -4.36. The van der Waals surface area contributed by atoms with Gasteiger partial charge in [0.15, 0.2) is 0 Å². The molecule has 0 amide bonds. The lowest BCUT2D eigenvalue weighted by Crippen LogP contribution is -2.04. The summed E-state index contributed by atoms with van der Waals surface area (Å²) in [6, 6.07) is 8.55. The highest BCUT2D eigenvalue weighted by Gasteiger charge is 2.30. The average Bonchev–Trinajstić information content (AvgIpc) is 2.41. The molecule has 20 heavy (non-hydrogen) atoms. The quantitative estimate of drug-likeness (QED) is 0.834. The molecule has 0 saturated heterocycles. The molecule has 0 unspecified atom stereocenters. The number of ether oxygens (including phenoxy) is 1. The van der Waals surface area contributed by atoms with Gasteiger partial charge in [0, 0.05) is 0 Å². The summed E-state index contributed by atoms with van der Waals surface area (Å²) in [5.41, 5.74) is 7.52. The summed E-state index contributed by atoms with van der Waals surface area (Å²) in [6.45, 7) is 1.79. The van der Waals surface area contributed by atoms with E-state index in [1.807, 2.05) is 0 Å². The van der Waals surface area contributed by atoms with Gasteiger partial charge < -0.3 is 10.5 Å². The smallest absolute Gasteiger partial charge is 0.416 e. The Bertz CT molecular complexity index is 636. The van der Waals surface area contributed by atoms with Gasteiger partial charge in [-0.25, -0.2) is 0 Å². The van der Waals surface area contributed by atoms with E-state index in [0.717, 1.165) is 17.7 Å². The van der Waals surface area contributed by atoms with Gasteiger partial charge in [-0.15, -0.1) is 0 Å². The molecule has 2 aromatic carbocycles. The zero-order chi connectivity index (χ0) is 14.9. The molecular formula is C15H14F3NO. The van der Waals surface area contributed by atoms with E-state index in [4.69, 9.17) is 10.5 Å². The second kappa shape index (κ2) is 5.07. The number of rotatable bonds is 2. The third-order valence-corrected chi connectivity index (χ3v) is 3.09. The average molecular weight is 281 g/mol. The number of benzene rings is 2. The second-order valence-corrected chi connectivity index (χ2v) is 4.49. The number of anilines is 1. The van der Waals surface area contributed by atoms with Crippen LogP contribution in [0.4, 0.5) is 18.9 Å². The standard InChI is InChI=1S/C15H14F3NO/c1-9-6-11(8-13(20-2)14(9)19)10-4-3-5-12(7-10)15(16,17)18/h3-8H,19H2,1-2H3. The number of alkyl halides is 3. The van der Waals surface area contributed by atoms with Gasteiger partial charge in [-0.3, -0.25) is 0 Å². The monoisotopic (exact) mass is 281 g/mol. The highest BCUT2D eigenvalue weighted by molar-refractivity contribution is 5.73. The normalized spacial score (nSPS) is 11.4. The maximum atomic E-state index is 12.7. The molecule has 2 N–H and O–H groups in total. The maximum absolute atomic E-state index is 12.7. The first-order valence-corrected chi connectivity index (χ1v) is 5.94. The molecule has 2 rings (SSSR count). The lowest BCUT2D eigenvalue weighted by molar-refractivity contribution is -0.137. The third kappa shape index (κ3) is 2.71. The summed E-state index contributed by atoms with van der Waals surface area (Å²) in [6.07, 6.45) is -4.36. The summed E-state index contributed by atoms with van der Waals surface area (Å²) in [4.78, 5) is 0. The molecule has 2 nitrogen and oxygen atoms in total. The summed E-state index contributed by atoms with van der Waals surface area (Å²) >= 11 is 0. The predicted octanol–water partition coefficient (Wildman–Crippen LogP) is 4.27. The van der Waals surface area contributed by atoms with Crippen molar-refractivity contribution < 1.29 is 17.9 Å². The molecule has 0 aliphatic rings. The van der Waals surface area contributed by atoms with Crippen LogP contribution in [0.15, 0.2) is 36.4 Å². The maximum Gasteiger partial charge on any atom is 0.416 e. The number of hydrogen-bond acceptors (Lipinski definition) is 2. The summed E-state index contributed by atoms with van der Waals surface area (Å²) in [5, 5.41) is 0. The molecule has 0 fully saturated rings. The van der Waals surface area contributed by atoms with E-state index in [2.05, 4.69) is 0 Å². The Labute approximate surface area is 115 Å². The van der Waals surface area contributed by atoms with Crippen molar-refractivity contribution in [2.45, 2.75) is 13.1 Å². The zero-order valence-electron chi connectivity index (χ0n) is 11.1. The number of methoxy groups -OCH3 is 1. The van der Waals surface area contributed by atoms with Crippen LogP contribution < -0.4 is 10.5 Å². The lowest BCUT2D eigenvalue weighted by Gasteiger charge is -2.12. The van der Waals surface area contributed by atoms with Crippen molar-refractivity contribution in [3.63, 3.8) is 0 Å². The molecule has 0 aliphatic heterocycles. The number of nitrogen functional groups attached to an aromatic ring is 1. The lowest BCUT2D eigenvalue weighted by atomic mass is 10.00. The first kappa shape index (κ1) is 14.2. The SMILES string of the molecule is COc1cc(-c2cccc(C(F)(F)F)c2)cc(C)c1N. The third-order valence-electron chi connectivity index (χ3n) is 3.09. The minimum Gasteiger partial charge on any atom is -0.495 e. The van der Waals surface area contributed by atoms with E-state index in [-0.39, 0.29) is 0 Å². The minimum absolute atomic E-state index is 0.456. The molecule has 0 saturated carbocycles. The molecule has 2 aromatic rings. The summed E-state index contributed by atoms with van der Waals surface area (Å²) in [5.74, 6) is 0.456. The van der Waals surface area contributed by atoms with E-state index in [0.29, 0.717) is 22.6 Å². The molecule has 0 radical (unpaired) electrons. The van der Waals surface area contributed by atoms with Crippen molar-refractivity contribution in [2.24, 2.45) is 0 Å². The largest absolute Gasteiger partial charge is 0.495 e. The molecule has 5 heteroatoms. The number of aryl methyl sites for hydroxylation is 1. The molecule has 0 spiro atoms. The highest BCUT2D eigenvalue weighted by atomic mass is 19.4. The molecule has 0 aliphatic carbocycles. The van der Waals surface area contributed by atoms with E-state index in [1.165, 1.54) is 13.2 Å². The molecule has 0 atom stereocenters. The number of hydrogen-bond donors (Lipinski definition) is 1. The Kier molecular flexibility index (Phi) is 3.61. The van der Waals surface area contributed by atoms with Crippen molar-refractivity contribution in [1.29, 1.82) is 0 Å². The van der Waals surface area contributed by atoms with Gasteiger partial charge in [-0.1, -0.05) is 12.1 Å². The van der Waals surface area contributed by atoms with Crippen LogP contribution >= 0.6 is 0 Å². The number of halogens is 3. The predicted molar refractivity (Wildman–Crippen MR) is 72.6 cm³/mol. The summed E-state index contributed by atoms with van der Waals surface area (Å²) < 4.78 is 43.3. The molecule has 0 heterocycles. The van der Waals surface area contributed by atoms with Crippen LogP contribution in [0.25, 0.3) is 11.1 Å². The molecule has 0 aromatic heterocycles. The first-order valence-electron chi connectivity index (χ1n) is 5.94. The fourth-order valence-electron chi connectivity index (χ4n) is 1.98. The van der Waals surface area contributed by atoms with Gasteiger partial charge in [-0.2, -0.15) is 13.2 Å². The van der Waals surface area contributed by atoms with Crippen LogP contribution in [0.5, 0.6) is 5.75 Å². The van der Waals surface area contributed by atoms with Crippen molar-refractivity contribution in [3.05, 3.63) is 47.5 Å². The second-order valence-electron chi connectivity index (χ2n) is 4.49. The van der Waals surface area contributed by atoms with Crippen molar-refractivity contribution in [2.75, 3.05) is 12.8 Å². The van der Waals surface area contributed by atoms with E-state index < -0.39 is 11.7 Å². The highest BCUT2D eigenvalue weighted by Crippen LogP contribution is 2.35. The fraction of sp³-hybridized carbons (Fsp3) is 0.200. The molecule has 106 valence electrons. The number of nitrogens with two attached hydrogens (primary N) is 1. The van der Waals surface area contributed by atoms with Crippen LogP contribution in [0.2, 0.25) is 0 Å². The van der Waals surface area contributed by atoms with E-state index in [1.54, 1.807) is 25.1 Å². The van der Waals surface area contributed by atoms with Crippen molar-refractivity contribution >= 4 is 5.69 Å². The Morgan fingerprint density at radius 1 is 1.05 bits per heavy atom.